The lowest BCUT2D eigenvalue weighted by Gasteiger charge is -2.40. The maximum Gasteiger partial charge on any atom is 0.329 e. The topological polar surface area (TPSA) is 287 Å². The number of hydrogen-bond acceptors (Lipinski definition) is 12. The number of carbonyl (C=O) groups excluding carboxylic acids is 9. The number of rotatable bonds is 15. The number of amides is 8. The second-order valence-electron chi connectivity index (χ2n) is 19.3. The first-order valence-electron chi connectivity index (χ1n) is 23.6. The molecule has 20 nitrogen and oxygen atoms in total. The number of fused-ring (bicyclic) bond motifs is 2. The van der Waals surface area contributed by atoms with Crippen molar-refractivity contribution in [2.24, 2.45) is 23.5 Å². The van der Waals surface area contributed by atoms with Crippen LogP contribution in [0, 0.1) is 17.8 Å². The SMILES string of the molecule is CC(C)C[C@@H]1NC(=O)[C@@H](NC(=O)[C@H](CC(N)=O)NC(=O)[C@H](O)Cc2ccc(O)cc2)[C@@H](C)OC(=O)[C@H](C(C)C)NC(=O)[C@H](Cc2ccccc2)N(C)C(=O)[C@@H](CC(C)C)N2C=CCC(C2=O)N(C)C1=O. The molecule has 1 fully saturated rings. The van der Waals surface area contributed by atoms with Crippen molar-refractivity contribution in [2.45, 2.75) is 141 Å². The first kappa shape index (κ1) is 55.8. The fraction of sp³-hybridized carbons (Fsp3) is 0.540. The maximum absolute atomic E-state index is 14.8. The van der Waals surface area contributed by atoms with Crippen molar-refractivity contribution in [1.29, 1.82) is 0 Å². The van der Waals surface area contributed by atoms with E-state index in [0.29, 0.717) is 11.1 Å². The molecule has 0 aliphatic carbocycles. The van der Waals surface area contributed by atoms with E-state index in [1.165, 1.54) is 66.2 Å². The molecule has 2 aliphatic rings. The van der Waals surface area contributed by atoms with Crippen molar-refractivity contribution >= 4 is 53.2 Å². The van der Waals surface area contributed by atoms with E-state index in [1.54, 1.807) is 64.1 Å². The highest BCUT2D eigenvalue weighted by atomic mass is 16.5. The molecule has 20 heteroatoms. The maximum atomic E-state index is 14.8. The van der Waals surface area contributed by atoms with Crippen molar-refractivity contribution in [3.05, 3.63) is 78.0 Å². The molecule has 2 aromatic carbocycles. The largest absolute Gasteiger partial charge is 0.508 e. The Morgan fingerprint density at radius 3 is 2.00 bits per heavy atom. The summed E-state index contributed by atoms with van der Waals surface area (Å²) in [5.41, 5.74) is 6.62. The van der Waals surface area contributed by atoms with E-state index >= 15 is 0 Å². The Morgan fingerprint density at radius 1 is 0.786 bits per heavy atom. The lowest BCUT2D eigenvalue weighted by Crippen LogP contribution is -2.62. The molecule has 0 saturated carbocycles. The number of cyclic esters (lactones) is 1. The van der Waals surface area contributed by atoms with E-state index in [2.05, 4.69) is 21.3 Å². The molecule has 2 bridgehead atoms. The van der Waals surface area contributed by atoms with Gasteiger partial charge in [-0.3, -0.25) is 38.4 Å². The molecular weight excluding hydrogens is 905 g/mol. The predicted octanol–water partition coefficient (Wildman–Crippen LogP) is 0.815. The van der Waals surface area contributed by atoms with E-state index in [-0.39, 0.29) is 49.7 Å². The Morgan fingerprint density at radius 2 is 1.41 bits per heavy atom. The summed E-state index contributed by atoms with van der Waals surface area (Å²) in [5, 5.41) is 30.6. The number of benzene rings is 2. The zero-order chi connectivity index (χ0) is 52.1. The zero-order valence-corrected chi connectivity index (χ0v) is 41.4. The number of nitrogens with two attached hydrogens (primary N) is 1. The number of hydrogen-bond donors (Lipinski definition) is 7. The Labute approximate surface area is 409 Å². The van der Waals surface area contributed by atoms with Gasteiger partial charge in [-0.15, -0.1) is 0 Å². The highest BCUT2D eigenvalue weighted by Gasteiger charge is 2.44. The lowest BCUT2D eigenvalue weighted by molar-refractivity contribution is -0.158. The molecule has 2 aliphatic heterocycles. The van der Waals surface area contributed by atoms with Crippen LogP contribution in [0.15, 0.2) is 66.9 Å². The van der Waals surface area contributed by atoms with Gasteiger partial charge >= 0.3 is 5.97 Å². The quantitative estimate of drug-likeness (QED) is 0.122. The number of aliphatic hydroxyl groups excluding tert-OH is 1. The molecule has 2 aromatic rings. The minimum atomic E-state index is -1.84. The van der Waals surface area contributed by atoms with Crippen molar-refractivity contribution in [2.75, 3.05) is 14.1 Å². The van der Waals surface area contributed by atoms with Gasteiger partial charge in [-0.1, -0.05) is 90.1 Å². The monoisotopic (exact) mass is 975 g/mol. The summed E-state index contributed by atoms with van der Waals surface area (Å²) in [7, 11) is 2.85. The van der Waals surface area contributed by atoms with Gasteiger partial charge in [0.2, 0.25) is 47.3 Å². The zero-order valence-electron chi connectivity index (χ0n) is 41.4. The number of aromatic hydroxyl groups is 1. The van der Waals surface area contributed by atoms with Gasteiger partial charge in [0, 0.05) is 33.1 Å². The third kappa shape index (κ3) is 15.1. The highest BCUT2D eigenvalue weighted by molar-refractivity contribution is 5.99. The fourth-order valence-corrected chi connectivity index (χ4v) is 8.34. The molecule has 0 radical (unpaired) electrons. The summed E-state index contributed by atoms with van der Waals surface area (Å²) >= 11 is 0. The van der Waals surface area contributed by atoms with Gasteiger partial charge in [-0.05, 0) is 67.2 Å². The van der Waals surface area contributed by atoms with Crippen LogP contribution in [0.25, 0.3) is 0 Å². The molecule has 0 aromatic heterocycles. The molecule has 1 saturated heterocycles. The number of likely N-dealkylation sites (N-methyl/N-ethyl adjacent to an activating group) is 2. The van der Waals surface area contributed by atoms with E-state index < -0.39 is 120 Å². The summed E-state index contributed by atoms with van der Waals surface area (Å²) in [6.07, 6.45) is -0.908. The summed E-state index contributed by atoms with van der Waals surface area (Å²) in [6, 6.07) is 4.73. The molecule has 0 spiro atoms. The van der Waals surface area contributed by atoms with Gasteiger partial charge < -0.3 is 56.7 Å². The van der Waals surface area contributed by atoms with Crippen molar-refractivity contribution in [1.82, 2.24) is 36.0 Å². The lowest BCUT2D eigenvalue weighted by atomic mass is 9.96. The van der Waals surface area contributed by atoms with Crippen LogP contribution in [0.2, 0.25) is 0 Å². The summed E-state index contributed by atoms with van der Waals surface area (Å²) in [4.78, 5) is 131. The number of phenols is 1. The Bertz CT molecular complexity index is 2240. The molecule has 382 valence electrons. The number of nitrogens with zero attached hydrogens (tertiary/aromatic N) is 3. The van der Waals surface area contributed by atoms with Crippen LogP contribution in [0.4, 0.5) is 0 Å². The van der Waals surface area contributed by atoms with E-state index in [4.69, 9.17) is 10.5 Å². The number of ether oxygens (including phenoxy) is 1. The number of carbonyl (C=O) groups is 9. The van der Waals surface area contributed by atoms with Gasteiger partial charge in [0.15, 0.2) is 0 Å². The van der Waals surface area contributed by atoms with Gasteiger partial charge in [0.1, 0.15) is 60.3 Å². The fourth-order valence-electron chi connectivity index (χ4n) is 8.34. The first-order valence-corrected chi connectivity index (χ1v) is 23.6. The average molecular weight is 975 g/mol. The molecule has 70 heavy (non-hydrogen) atoms. The van der Waals surface area contributed by atoms with Crippen LogP contribution in [-0.2, 0) is 60.7 Å². The van der Waals surface area contributed by atoms with Crippen LogP contribution in [0.5, 0.6) is 5.75 Å². The van der Waals surface area contributed by atoms with Crippen LogP contribution in [0.1, 0.15) is 85.3 Å². The van der Waals surface area contributed by atoms with Crippen LogP contribution >= 0.6 is 0 Å². The summed E-state index contributed by atoms with van der Waals surface area (Å²) < 4.78 is 5.87. The second-order valence-corrected chi connectivity index (χ2v) is 19.3. The highest BCUT2D eigenvalue weighted by Crippen LogP contribution is 2.25. The second kappa shape index (κ2) is 25.2. The molecule has 9 atom stereocenters. The predicted molar refractivity (Wildman–Crippen MR) is 256 cm³/mol. The summed E-state index contributed by atoms with van der Waals surface area (Å²) in [6.45, 7) is 11.9. The Hall–Kier alpha value is -6.83. The van der Waals surface area contributed by atoms with Gasteiger partial charge in [0.25, 0.3) is 0 Å². The summed E-state index contributed by atoms with van der Waals surface area (Å²) in [5.74, 6) is -8.94. The molecular formula is C50H70N8O12. The minimum Gasteiger partial charge on any atom is -0.508 e. The van der Waals surface area contributed by atoms with Crippen LogP contribution < -0.4 is 27.0 Å². The smallest absolute Gasteiger partial charge is 0.329 e. The molecule has 4 rings (SSSR count). The van der Waals surface area contributed by atoms with Crippen molar-refractivity contribution in [3.8, 4) is 5.75 Å². The normalized spacial score (nSPS) is 24.0. The molecule has 1 unspecified atom stereocenters. The average Bonchev–Trinajstić information content (AvgIpc) is 3.29. The minimum absolute atomic E-state index is 0.00555. The standard InChI is InChI=1S/C50H70N8O12/c1-27(2)22-35-47(66)56(8)36-16-13-21-58(49(36)68)38(23-28(3)4)48(67)57(9)37(24-31-14-11-10-12-15-31)44(63)54-41(29(5)6)50(69)70-30(7)42(46(65)53-35)55-43(62)34(26-40(51)61)52-45(64)39(60)25-32-17-19-33(59)20-18-32/h10-15,17-21,27-30,34-39,41-42,59-60H,16,22-26H2,1-9H3,(H2,51,61)(H,52,64)(H,53,65)(H,54,63)(H,55,62)/t30-,34+,35+,36?,37+,38-,39-,41+,42+/m1/s1. The Kier molecular flexibility index (Phi) is 20.0. The van der Waals surface area contributed by atoms with Gasteiger partial charge in [-0.25, -0.2) is 4.79 Å². The third-order valence-corrected chi connectivity index (χ3v) is 12.3. The van der Waals surface area contributed by atoms with Crippen LogP contribution in [-0.4, -0.2) is 147 Å². The third-order valence-electron chi connectivity index (χ3n) is 12.3. The van der Waals surface area contributed by atoms with E-state index in [0.717, 1.165) is 0 Å². The molecule has 8 amide bonds. The molecule has 8 N–H and O–H groups in total. The molecule has 2 heterocycles. The van der Waals surface area contributed by atoms with Gasteiger partial charge in [-0.2, -0.15) is 0 Å². The number of esters is 1. The van der Waals surface area contributed by atoms with Gasteiger partial charge in [0.05, 0.1) is 6.42 Å². The number of primary amides is 1. The first-order chi connectivity index (χ1) is 32.9. The van der Waals surface area contributed by atoms with E-state index in [1.807, 2.05) is 13.8 Å². The Balaban J connectivity index is 1.81. The number of aliphatic hydroxyl groups is 1. The van der Waals surface area contributed by atoms with E-state index in [9.17, 15) is 53.4 Å². The van der Waals surface area contributed by atoms with Crippen molar-refractivity contribution in [3.63, 3.8) is 0 Å². The number of nitrogens with one attached hydrogen (secondary N) is 4. The van der Waals surface area contributed by atoms with Crippen LogP contribution in [0.3, 0.4) is 0 Å². The number of phenolic OH excluding ortho intramolecular Hbond substituents is 1. The van der Waals surface area contributed by atoms with Crippen molar-refractivity contribution < 1.29 is 58.1 Å².